The summed E-state index contributed by atoms with van der Waals surface area (Å²) in [7, 11) is 0. The number of hydrogen-bond acceptors (Lipinski definition) is 6. The Hall–Kier alpha value is -3.88. The fraction of sp³-hybridized carbons (Fsp3) is 0.107. The van der Waals surface area contributed by atoms with Crippen molar-refractivity contribution in [1.29, 1.82) is 0 Å². The van der Waals surface area contributed by atoms with E-state index in [2.05, 4.69) is 26.5 Å². The third kappa shape index (κ3) is 6.87. The van der Waals surface area contributed by atoms with Crippen LogP contribution in [0.3, 0.4) is 0 Å². The van der Waals surface area contributed by atoms with Gasteiger partial charge in [-0.1, -0.05) is 41.9 Å². The molecule has 4 aromatic carbocycles. The predicted molar refractivity (Wildman–Crippen MR) is 147 cm³/mol. The molecule has 0 bridgehead atoms. The van der Waals surface area contributed by atoms with Gasteiger partial charge >= 0.3 is 5.97 Å². The molecule has 1 N–H and O–H groups in total. The van der Waals surface area contributed by atoms with E-state index in [-0.39, 0.29) is 12.4 Å². The normalized spacial score (nSPS) is 10.9. The maximum absolute atomic E-state index is 12.5. The third-order valence-electron chi connectivity index (χ3n) is 5.14. The van der Waals surface area contributed by atoms with Crippen LogP contribution in [-0.4, -0.2) is 31.3 Å². The van der Waals surface area contributed by atoms with Crippen molar-refractivity contribution in [3.05, 3.63) is 99.5 Å². The molecule has 9 heteroatoms. The van der Waals surface area contributed by atoms with E-state index in [1.807, 2.05) is 37.3 Å². The molecule has 0 radical (unpaired) electrons. The Labute approximate surface area is 227 Å². The summed E-state index contributed by atoms with van der Waals surface area (Å²) in [4.78, 5) is 24.7. The zero-order valence-electron chi connectivity index (χ0n) is 19.7. The third-order valence-corrected chi connectivity index (χ3v) is 6.21. The molecule has 37 heavy (non-hydrogen) atoms. The Bertz CT molecular complexity index is 1460. The molecular formula is C28H22BrClN2O5. The predicted octanol–water partition coefficient (Wildman–Crippen LogP) is 6.40. The first-order valence-corrected chi connectivity index (χ1v) is 12.5. The number of hydrazone groups is 1. The Morgan fingerprint density at radius 1 is 0.946 bits per heavy atom. The Kier molecular flexibility index (Phi) is 8.77. The van der Waals surface area contributed by atoms with Crippen molar-refractivity contribution in [3.63, 3.8) is 0 Å². The zero-order valence-corrected chi connectivity index (χ0v) is 22.1. The van der Waals surface area contributed by atoms with E-state index in [0.29, 0.717) is 34.3 Å². The molecule has 0 aliphatic rings. The lowest BCUT2D eigenvalue weighted by atomic mass is 10.1. The number of carbonyl (C=O) groups excluding carboxylic acids is 2. The van der Waals surface area contributed by atoms with Crippen LogP contribution in [0.1, 0.15) is 22.8 Å². The van der Waals surface area contributed by atoms with Gasteiger partial charge in [-0.15, -0.1) is 0 Å². The van der Waals surface area contributed by atoms with Crippen molar-refractivity contribution >= 4 is 56.4 Å². The molecule has 0 heterocycles. The summed E-state index contributed by atoms with van der Waals surface area (Å²) < 4.78 is 17.5. The molecule has 188 valence electrons. The topological polar surface area (TPSA) is 86.2 Å². The molecule has 4 aromatic rings. The second-order valence-electron chi connectivity index (χ2n) is 7.72. The van der Waals surface area contributed by atoms with E-state index >= 15 is 0 Å². The summed E-state index contributed by atoms with van der Waals surface area (Å²) in [5.74, 6) is 0.226. The molecule has 0 spiro atoms. The van der Waals surface area contributed by atoms with E-state index in [9.17, 15) is 9.59 Å². The number of esters is 1. The number of amides is 1. The van der Waals surface area contributed by atoms with E-state index in [4.69, 9.17) is 25.8 Å². The van der Waals surface area contributed by atoms with Crippen LogP contribution < -0.4 is 19.6 Å². The maximum Gasteiger partial charge on any atom is 0.343 e. The van der Waals surface area contributed by atoms with Crippen molar-refractivity contribution < 1.29 is 23.8 Å². The summed E-state index contributed by atoms with van der Waals surface area (Å²) in [6, 6.07) is 22.9. The van der Waals surface area contributed by atoms with Crippen molar-refractivity contribution in [3.8, 4) is 17.2 Å². The Balaban J connectivity index is 1.35. The van der Waals surface area contributed by atoms with Gasteiger partial charge in [-0.05, 0) is 87.7 Å². The van der Waals surface area contributed by atoms with E-state index in [1.165, 1.54) is 6.21 Å². The molecule has 0 unspecified atom stereocenters. The first-order valence-electron chi connectivity index (χ1n) is 11.3. The average Bonchev–Trinajstić information content (AvgIpc) is 2.90. The molecule has 0 saturated carbocycles. The second-order valence-corrected chi connectivity index (χ2v) is 8.95. The van der Waals surface area contributed by atoms with Crippen LogP contribution in [0.25, 0.3) is 10.8 Å². The molecule has 0 fully saturated rings. The second kappa shape index (κ2) is 12.4. The highest BCUT2D eigenvalue weighted by atomic mass is 79.9. The quantitative estimate of drug-likeness (QED) is 0.107. The van der Waals surface area contributed by atoms with Crippen LogP contribution in [0.5, 0.6) is 17.2 Å². The number of benzene rings is 4. The molecule has 0 aliphatic carbocycles. The Morgan fingerprint density at radius 3 is 2.49 bits per heavy atom. The van der Waals surface area contributed by atoms with Gasteiger partial charge in [0, 0.05) is 5.02 Å². The number of halogens is 2. The number of nitrogens with one attached hydrogen (secondary N) is 1. The summed E-state index contributed by atoms with van der Waals surface area (Å²) >= 11 is 9.41. The number of rotatable bonds is 9. The maximum atomic E-state index is 12.5. The first kappa shape index (κ1) is 26.2. The molecule has 0 aliphatic heterocycles. The van der Waals surface area contributed by atoms with Gasteiger partial charge in [0.1, 0.15) is 5.75 Å². The number of nitrogens with zero attached hydrogens (tertiary/aromatic N) is 1. The van der Waals surface area contributed by atoms with Crippen LogP contribution in [-0.2, 0) is 4.79 Å². The number of carbonyl (C=O) groups is 2. The lowest BCUT2D eigenvalue weighted by molar-refractivity contribution is -0.123. The van der Waals surface area contributed by atoms with E-state index < -0.39 is 11.9 Å². The molecule has 1 amide bonds. The van der Waals surface area contributed by atoms with E-state index in [1.54, 1.807) is 48.5 Å². The molecular weight excluding hydrogens is 560 g/mol. The smallest absolute Gasteiger partial charge is 0.343 e. The van der Waals surface area contributed by atoms with Gasteiger partial charge in [0.15, 0.2) is 18.1 Å². The largest absolute Gasteiger partial charge is 0.490 e. The minimum atomic E-state index is -0.538. The lowest BCUT2D eigenvalue weighted by Crippen LogP contribution is -2.24. The molecule has 7 nitrogen and oxygen atoms in total. The molecule has 0 aromatic heterocycles. The minimum absolute atomic E-state index is 0.210. The highest BCUT2D eigenvalue weighted by Gasteiger charge is 2.13. The molecule has 0 atom stereocenters. The molecule has 4 rings (SSSR count). The van der Waals surface area contributed by atoms with Crippen molar-refractivity contribution in [2.75, 3.05) is 13.2 Å². The number of fused-ring (bicyclic) bond motifs is 1. The van der Waals surface area contributed by atoms with Crippen LogP contribution in [0.15, 0.2) is 88.4 Å². The highest BCUT2D eigenvalue weighted by molar-refractivity contribution is 9.10. The monoisotopic (exact) mass is 580 g/mol. The zero-order chi connectivity index (χ0) is 26.2. The van der Waals surface area contributed by atoms with Gasteiger partial charge in [0.2, 0.25) is 0 Å². The Morgan fingerprint density at radius 2 is 1.70 bits per heavy atom. The average molecular weight is 582 g/mol. The van der Waals surface area contributed by atoms with Crippen molar-refractivity contribution in [1.82, 2.24) is 5.43 Å². The van der Waals surface area contributed by atoms with Gasteiger partial charge < -0.3 is 14.2 Å². The summed E-state index contributed by atoms with van der Waals surface area (Å²) in [6.45, 7) is 1.97. The van der Waals surface area contributed by atoms with Crippen molar-refractivity contribution in [2.24, 2.45) is 5.10 Å². The number of hydrogen-bond donors (Lipinski definition) is 1. The lowest BCUT2D eigenvalue weighted by Gasteiger charge is -2.11. The van der Waals surface area contributed by atoms with Crippen LogP contribution in [0.4, 0.5) is 0 Å². The summed E-state index contributed by atoms with van der Waals surface area (Å²) in [6.07, 6.45) is 1.46. The molecule has 0 saturated heterocycles. The van der Waals surface area contributed by atoms with Gasteiger partial charge in [-0.25, -0.2) is 10.2 Å². The fourth-order valence-electron chi connectivity index (χ4n) is 3.38. The summed E-state index contributed by atoms with van der Waals surface area (Å²) in [5.41, 5.74) is 3.43. The van der Waals surface area contributed by atoms with Gasteiger partial charge in [0.25, 0.3) is 5.91 Å². The fourth-order valence-corrected chi connectivity index (χ4v) is 4.12. The van der Waals surface area contributed by atoms with Gasteiger partial charge in [-0.3, -0.25) is 4.79 Å². The van der Waals surface area contributed by atoms with E-state index in [0.717, 1.165) is 15.2 Å². The first-order chi connectivity index (χ1) is 17.9. The van der Waals surface area contributed by atoms with Gasteiger partial charge in [-0.2, -0.15) is 5.10 Å². The van der Waals surface area contributed by atoms with Crippen LogP contribution >= 0.6 is 27.5 Å². The SMILES string of the molecule is CCOc1cc(/C=N\NC(=O)COc2ccc3ccccc3c2Br)ccc1OC(=O)c1ccc(Cl)cc1. The minimum Gasteiger partial charge on any atom is -0.490 e. The summed E-state index contributed by atoms with van der Waals surface area (Å²) in [5, 5.41) is 6.56. The van der Waals surface area contributed by atoms with Crippen LogP contribution in [0, 0.1) is 0 Å². The standard InChI is InChI=1S/C28H22BrClN2O5/c1-2-35-25-15-18(7-13-23(25)37-28(34)20-8-11-21(30)12-9-20)16-31-32-26(33)17-36-24-14-10-19-5-3-4-6-22(19)27(24)29/h3-16H,2,17H2,1H3,(H,32,33)/b31-16-. The number of ether oxygens (including phenoxy) is 3. The van der Waals surface area contributed by atoms with Gasteiger partial charge in [0.05, 0.1) is 22.9 Å². The van der Waals surface area contributed by atoms with Crippen LogP contribution in [0.2, 0.25) is 5.02 Å². The van der Waals surface area contributed by atoms with Crippen molar-refractivity contribution in [2.45, 2.75) is 6.92 Å². The highest BCUT2D eigenvalue weighted by Crippen LogP contribution is 2.33.